The summed E-state index contributed by atoms with van der Waals surface area (Å²) in [6.45, 7) is 0. The third-order valence-electron chi connectivity index (χ3n) is 12.3. The van der Waals surface area contributed by atoms with Gasteiger partial charge in [-0.1, -0.05) is 188 Å². The number of furan rings is 2. The molecule has 0 N–H and O–H groups in total. The molecule has 0 radical (unpaired) electrons. The van der Waals surface area contributed by atoms with Gasteiger partial charge in [-0.3, -0.25) is 0 Å². The van der Waals surface area contributed by atoms with Crippen LogP contribution in [0.5, 0.6) is 0 Å². The van der Waals surface area contributed by atoms with E-state index in [9.17, 15) is 0 Å². The smallest absolute Gasteiger partial charge is 0.143 e. The van der Waals surface area contributed by atoms with Crippen LogP contribution < -0.4 is 4.90 Å². The van der Waals surface area contributed by atoms with Crippen LogP contribution in [0.1, 0.15) is 0 Å². The molecule has 63 heavy (non-hydrogen) atoms. The van der Waals surface area contributed by atoms with E-state index in [2.05, 4.69) is 217 Å². The van der Waals surface area contributed by atoms with Crippen LogP contribution in [-0.4, -0.2) is 0 Å². The predicted molar refractivity (Wildman–Crippen MR) is 263 cm³/mol. The molecule has 3 heteroatoms. The lowest BCUT2D eigenvalue weighted by atomic mass is 9.88. The average Bonchev–Trinajstić information content (AvgIpc) is 3.94. The standard InChI is InChI=1S/C60H39NO2/c1-3-15-40(16-4-1)41-29-33-44(34-30-41)61(45-35-31-43(32-36-45)47-23-13-25-54-51-21-9-11-27-57(51)62-59(47)54)46-37-38-50(56(39-46)42-17-5-2-6-18-42)48-19-7-8-20-49(48)53-24-14-26-55-52-22-10-12-28-58(52)63-60(53)55/h1-39H. The van der Waals surface area contributed by atoms with Crippen LogP contribution >= 0.6 is 0 Å². The molecule has 2 heterocycles. The van der Waals surface area contributed by atoms with Crippen molar-refractivity contribution in [2.24, 2.45) is 0 Å². The maximum absolute atomic E-state index is 6.59. The molecule has 12 rings (SSSR count). The number of para-hydroxylation sites is 4. The summed E-state index contributed by atoms with van der Waals surface area (Å²) in [6.07, 6.45) is 0. The summed E-state index contributed by atoms with van der Waals surface area (Å²) in [5, 5.41) is 4.49. The van der Waals surface area contributed by atoms with Gasteiger partial charge in [0, 0.05) is 49.7 Å². The van der Waals surface area contributed by atoms with Crippen LogP contribution in [0.3, 0.4) is 0 Å². The van der Waals surface area contributed by atoms with Gasteiger partial charge in [-0.15, -0.1) is 0 Å². The van der Waals surface area contributed by atoms with Crippen LogP contribution in [-0.2, 0) is 0 Å². The van der Waals surface area contributed by atoms with Crippen molar-refractivity contribution in [3.63, 3.8) is 0 Å². The van der Waals surface area contributed by atoms with Gasteiger partial charge in [0.05, 0.1) is 0 Å². The summed E-state index contributed by atoms with van der Waals surface area (Å²) >= 11 is 0. The van der Waals surface area contributed by atoms with E-state index in [-0.39, 0.29) is 0 Å². The van der Waals surface area contributed by atoms with E-state index in [1.165, 1.54) is 11.1 Å². The van der Waals surface area contributed by atoms with Crippen molar-refractivity contribution in [3.05, 3.63) is 237 Å². The van der Waals surface area contributed by atoms with Crippen LogP contribution in [0.15, 0.2) is 245 Å². The van der Waals surface area contributed by atoms with Gasteiger partial charge in [0.25, 0.3) is 0 Å². The molecule has 10 aromatic carbocycles. The highest BCUT2D eigenvalue weighted by Gasteiger charge is 2.21. The van der Waals surface area contributed by atoms with Gasteiger partial charge in [-0.2, -0.15) is 0 Å². The first-order chi connectivity index (χ1) is 31.2. The second-order valence-corrected chi connectivity index (χ2v) is 16.0. The Balaban J connectivity index is 1.02. The number of fused-ring (bicyclic) bond motifs is 6. The maximum Gasteiger partial charge on any atom is 0.143 e. The summed E-state index contributed by atoms with van der Waals surface area (Å²) < 4.78 is 13.0. The Morgan fingerprint density at radius 2 is 0.635 bits per heavy atom. The van der Waals surface area contributed by atoms with Crippen molar-refractivity contribution in [2.45, 2.75) is 0 Å². The third kappa shape index (κ3) is 6.38. The van der Waals surface area contributed by atoms with Gasteiger partial charge >= 0.3 is 0 Å². The number of benzene rings is 10. The fourth-order valence-electron chi connectivity index (χ4n) is 9.32. The summed E-state index contributed by atoms with van der Waals surface area (Å²) in [7, 11) is 0. The van der Waals surface area contributed by atoms with Crippen LogP contribution in [0.25, 0.3) is 99.5 Å². The van der Waals surface area contributed by atoms with Crippen molar-refractivity contribution in [3.8, 4) is 55.6 Å². The van der Waals surface area contributed by atoms with Crippen LogP contribution in [0, 0.1) is 0 Å². The van der Waals surface area contributed by atoms with E-state index in [1.54, 1.807) is 0 Å². The van der Waals surface area contributed by atoms with Crippen molar-refractivity contribution in [1.82, 2.24) is 0 Å². The number of hydrogen-bond donors (Lipinski definition) is 0. The Morgan fingerprint density at radius 3 is 1.25 bits per heavy atom. The van der Waals surface area contributed by atoms with E-state index >= 15 is 0 Å². The Kier molecular flexibility index (Phi) is 8.83. The Morgan fingerprint density at radius 1 is 0.238 bits per heavy atom. The van der Waals surface area contributed by atoms with Gasteiger partial charge in [-0.25, -0.2) is 0 Å². The second kappa shape index (κ2) is 15.3. The zero-order chi connectivity index (χ0) is 41.7. The molecule has 0 fully saturated rings. The molecule has 0 aliphatic rings. The Hall–Kier alpha value is -8.40. The van der Waals surface area contributed by atoms with E-state index in [0.717, 1.165) is 105 Å². The average molecular weight is 806 g/mol. The topological polar surface area (TPSA) is 29.5 Å². The molecule has 2 aromatic heterocycles. The van der Waals surface area contributed by atoms with Gasteiger partial charge in [0.15, 0.2) is 0 Å². The normalized spacial score (nSPS) is 11.5. The lowest BCUT2D eigenvalue weighted by molar-refractivity contribution is 0.669. The zero-order valence-electron chi connectivity index (χ0n) is 34.3. The Labute approximate surface area is 365 Å². The van der Waals surface area contributed by atoms with Crippen molar-refractivity contribution in [2.75, 3.05) is 4.90 Å². The first-order valence-corrected chi connectivity index (χ1v) is 21.4. The molecule has 12 aromatic rings. The fourth-order valence-corrected chi connectivity index (χ4v) is 9.32. The van der Waals surface area contributed by atoms with Gasteiger partial charge in [-0.05, 0) is 93.0 Å². The number of anilines is 3. The van der Waals surface area contributed by atoms with Crippen LogP contribution in [0.2, 0.25) is 0 Å². The molecular formula is C60H39NO2. The molecule has 0 atom stereocenters. The fraction of sp³-hybridized carbons (Fsp3) is 0. The summed E-state index contributed by atoms with van der Waals surface area (Å²) in [6, 6.07) is 84.1. The first-order valence-electron chi connectivity index (χ1n) is 21.4. The summed E-state index contributed by atoms with van der Waals surface area (Å²) in [5.74, 6) is 0. The minimum Gasteiger partial charge on any atom is -0.455 e. The van der Waals surface area contributed by atoms with Gasteiger partial charge in [0.1, 0.15) is 22.3 Å². The van der Waals surface area contributed by atoms with E-state index < -0.39 is 0 Å². The highest BCUT2D eigenvalue weighted by atomic mass is 16.3. The van der Waals surface area contributed by atoms with E-state index in [4.69, 9.17) is 8.83 Å². The quantitative estimate of drug-likeness (QED) is 0.153. The molecule has 0 saturated carbocycles. The molecule has 0 spiro atoms. The number of rotatable bonds is 8. The zero-order valence-corrected chi connectivity index (χ0v) is 34.3. The molecular weight excluding hydrogens is 767 g/mol. The maximum atomic E-state index is 6.59. The van der Waals surface area contributed by atoms with Crippen LogP contribution in [0.4, 0.5) is 17.1 Å². The minimum atomic E-state index is 0.892. The predicted octanol–water partition coefficient (Wildman–Crippen LogP) is 17.3. The second-order valence-electron chi connectivity index (χ2n) is 16.0. The minimum absolute atomic E-state index is 0.892. The lowest BCUT2D eigenvalue weighted by Crippen LogP contribution is -2.10. The van der Waals surface area contributed by atoms with Crippen molar-refractivity contribution in [1.29, 1.82) is 0 Å². The third-order valence-corrected chi connectivity index (χ3v) is 12.3. The number of nitrogens with zero attached hydrogens (tertiary/aromatic N) is 1. The molecule has 0 unspecified atom stereocenters. The van der Waals surface area contributed by atoms with Crippen molar-refractivity contribution < 1.29 is 8.83 Å². The summed E-state index contributed by atoms with van der Waals surface area (Å²) in [5.41, 5.74) is 18.0. The van der Waals surface area contributed by atoms with Crippen molar-refractivity contribution >= 4 is 60.9 Å². The highest BCUT2D eigenvalue weighted by Crippen LogP contribution is 2.46. The SMILES string of the molecule is c1ccc(-c2ccc(N(c3ccc(-c4cccc5c4oc4ccccc45)cc3)c3ccc(-c4ccccc4-c4cccc5c4oc4ccccc45)c(-c4ccccc4)c3)cc2)cc1. The molecule has 0 aliphatic heterocycles. The monoisotopic (exact) mass is 805 g/mol. The largest absolute Gasteiger partial charge is 0.455 e. The molecule has 3 nitrogen and oxygen atoms in total. The lowest BCUT2D eigenvalue weighted by Gasteiger charge is -2.27. The van der Waals surface area contributed by atoms with Gasteiger partial charge < -0.3 is 13.7 Å². The Bertz CT molecular complexity index is 3600. The molecule has 0 bridgehead atoms. The van der Waals surface area contributed by atoms with E-state index in [1.807, 2.05) is 24.3 Å². The summed E-state index contributed by atoms with van der Waals surface area (Å²) in [4.78, 5) is 2.36. The highest BCUT2D eigenvalue weighted by molar-refractivity contribution is 6.11. The number of hydrogen-bond acceptors (Lipinski definition) is 3. The molecule has 296 valence electrons. The van der Waals surface area contributed by atoms with E-state index in [0.29, 0.717) is 0 Å². The molecule has 0 aliphatic carbocycles. The molecule has 0 saturated heterocycles. The van der Waals surface area contributed by atoms with Gasteiger partial charge in [0.2, 0.25) is 0 Å². The first kappa shape index (κ1) is 36.5. The molecule has 0 amide bonds.